The molecular formula is C14H17BrN2O. The van der Waals surface area contributed by atoms with Gasteiger partial charge in [-0.2, -0.15) is 0 Å². The van der Waals surface area contributed by atoms with Crippen LogP contribution in [0, 0.1) is 0 Å². The van der Waals surface area contributed by atoms with Crippen LogP contribution < -0.4 is 0 Å². The fraction of sp³-hybridized carbons (Fsp3) is 0.357. The Morgan fingerprint density at radius 1 is 1.39 bits per heavy atom. The van der Waals surface area contributed by atoms with Crippen molar-refractivity contribution >= 4 is 15.9 Å². The molecule has 1 aromatic carbocycles. The van der Waals surface area contributed by atoms with E-state index in [1.807, 2.05) is 28.8 Å². The number of halogens is 1. The van der Waals surface area contributed by atoms with Gasteiger partial charge in [0.15, 0.2) is 0 Å². The molecule has 2 aromatic rings. The molecule has 0 spiro atoms. The summed E-state index contributed by atoms with van der Waals surface area (Å²) in [6.45, 7) is 4.16. The zero-order valence-electron chi connectivity index (χ0n) is 10.5. The van der Waals surface area contributed by atoms with Crippen molar-refractivity contribution in [3.63, 3.8) is 0 Å². The maximum Gasteiger partial charge on any atom is 0.0996 e. The van der Waals surface area contributed by atoms with Crippen LogP contribution in [0.1, 0.15) is 37.3 Å². The van der Waals surface area contributed by atoms with Crippen LogP contribution in [0.3, 0.4) is 0 Å². The molecule has 3 nitrogen and oxygen atoms in total. The monoisotopic (exact) mass is 308 g/mol. The van der Waals surface area contributed by atoms with Gasteiger partial charge in [0.1, 0.15) is 0 Å². The van der Waals surface area contributed by atoms with Crippen LogP contribution in [0.25, 0.3) is 0 Å². The fourth-order valence-electron chi connectivity index (χ4n) is 2.00. The lowest BCUT2D eigenvalue weighted by atomic mass is 10.1. The standard InChI is InChI=1S/C14H17BrN2O/c1-10(2)17-9-16-8-13(17)14(18)7-11-4-3-5-12(15)6-11/h3-6,8-10,14,18H,7H2,1-2H3. The minimum atomic E-state index is -0.524. The van der Waals surface area contributed by atoms with E-state index in [1.165, 1.54) is 0 Å². The van der Waals surface area contributed by atoms with Gasteiger partial charge in [-0.1, -0.05) is 28.1 Å². The second-order valence-electron chi connectivity index (χ2n) is 4.67. The molecule has 0 aliphatic heterocycles. The van der Waals surface area contributed by atoms with Crippen LogP contribution >= 0.6 is 15.9 Å². The molecule has 0 aliphatic rings. The summed E-state index contributed by atoms with van der Waals surface area (Å²) < 4.78 is 3.03. The van der Waals surface area contributed by atoms with E-state index in [0.717, 1.165) is 15.7 Å². The lowest BCUT2D eigenvalue weighted by molar-refractivity contribution is 0.167. The predicted octanol–water partition coefficient (Wildman–Crippen LogP) is 3.50. The summed E-state index contributed by atoms with van der Waals surface area (Å²) >= 11 is 3.44. The normalized spacial score (nSPS) is 12.9. The van der Waals surface area contributed by atoms with Crippen molar-refractivity contribution in [2.75, 3.05) is 0 Å². The third-order valence-electron chi connectivity index (χ3n) is 2.91. The van der Waals surface area contributed by atoms with Gasteiger partial charge in [0.05, 0.1) is 24.3 Å². The number of aliphatic hydroxyl groups is 1. The van der Waals surface area contributed by atoms with Crippen LogP contribution in [0.5, 0.6) is 0 Å². The van der Waals surface area contributed by atoms with Crippen molar-refractivity contribution in [2.45, 2.75) is 32.4 Å². The van der Waals surface area contributed by atoms with Crippen molar-refractivity contribution in [3.8, 4) is 0 Å². The average molecular weight is 309 g/mol. The van der Waals surface area contributed by atoms with E-state index < -0.39 is 6.10 Å². The molecule has 18 heavy (non-hydrogen) atoms. The Balaban J connectivity index is 2.17. The van der Waals surface area contributed by atoms with Crippen molar-refractivity contribution < 1.29 is 5.11 Å². The predicted molar refractivity (Wildman–Crippen MR) is 75.4 cm³/mol. The number of rotatable bonds is 4. The Morgan fingerprint density at radius 3 is 2.83 bits per heavy atom. The first kappa shape index (κ1) is 13.3. The smallest absolute Gasteiger partial charge is 0.0996 e. The summed E-state index contributed by atoms with van der Waals surface area (Å²) in [5.74, 6) is 0. The van der Waals surface area contributed by atoms with E-state index in [-0.39, 0.29) is 0 Å². The molecule has 1 unspecified atom stereocenters. The summed E-state index contributed by atoms with van der Waals surface area (Å²) in [6.07, 6.45) is 3.58. The zero-order chi connectivity index (χ0) is 13.1. The van der Waals surface area contributed by atoms with E-state index in [4.69, 9.17) is 0 Å². The van der Waals surface area contributed by atoms with Crippen LogP contribution in [0.15, 0.2) is 41.3 Å². The van der Waals surface area contributed by atoms with E-state index in [9.17, 15) is 5.11 Å². The maximum atomic E-state index is 10.3. The molecule has 0 radical (unpaired) electrons. The van der Waals surface area contributed by atoms with Gasteiger partial charge in [-0.05, 0) is 31.5 Å². The lowest BCUT2D eigenvalue weighted by Crippen LogP contribution is -2.10. The molecule has 1 heterocycles. The van der Waals surface area contributed by atoms with Gasteiger partial charge in [-0.15, -0.1) is 0 Å². The topological polar surface area (TPSA) is 38.0 Å². The van der Waals surface area contributed by atoms with E-state index in [2.05, 4.69) is 34.8 Å². The third kappa shape index (κ3) is 3.00. The summed E-state index contributed by atoms with van der Waals surface area (Å²) in [7, 11) is 0. The van der Waals surface area contributed by atoms with Gasteiger partial charge in [0.2, 0.25) is 0 Å². The highest BCUT2D eigenvalue weighted by Gasteiger charge is 2.15. The summed E-state index contributed by atoms with van der Waals surface area (Å²) in [5, 5.41) is 10.3. The van der Waals surface area contributed by atoms with Gasteiger partial charge in [0, 0.05) is 16.9 Å². The molecule has 96 valence electrons. The molecular weight excluding hydrogens is 292 g/mol. The number of benzene rings is 1. The van der Waals surface area contributed by atoms with Crippen molar-refractivity contribution in [2.24, 2.45) is 0 Å². The lowest BCUT2D eigenvalue weighted by Gasteiger charge is -2.16. The quantitative estimate of drug-likeness (QED) is 0.938. The van der Waals surface area contributed by atoms with Crippen LogP contribution in [0.2, 0.25) is 0 Å². The molecule has 0 saturated carbocycles. The molecule has 1 aromatic heterocycles. The average Bonchev–Trinajstić information content (AvgIpc) is 2.77. The van der Waals surface area contributed by atoms with E-state index >= 15 is 0 Å². The van der Waals surface area contributed by atoms with Gasteiger partial charge in [-0.25, -0.2) is 4.98 Å². The second kappa shape index (κ2) is 5.67. The molecule has 0 aliphatic carbocycles. The second-order valence-corrected chi connectivity index (χ2v) is 5.59. The Hall–Kier alpha value is -1.13. The van der Waals surface area contributed by atoms with Gasteiger partial charge >= 0.3 is 0 Å². The van der Waals surface area contributed by atoms with Crippen molar-refractivity contribution in [3.05, 3.63) is 52.5 Å². The van der Waals surface area contributed by atoms with Crippen molar-refractivity contribution in [1.29, 1.82) is 0 Å². The minimum Gasteiger partial charge on any atom is -0.386 e. The van der Waals surface area contributed by atoms with E-state index in [0.29, 0.717) is 12.5 Å². The Morgan fingerprint density at radius 2 is 2.17 bits per heavy atom. The number of aliphatic hydroxyl groups excluding tert-OH is 1. The van der Waals surface area contributed by atoms with Gasteiger partial charge < -0.3 is 9.67 Å². The Labute approximate surface area is 116 Å². The maximum absolute atomic E-state index is 10.3. The van der Waals surface area contributed by atoms with E-state index in [1.54, 1.807) is 12.5 Å². The van der Waals surface area contributed by atoms with Crippen molar-refractivity contribution in [1.82, 2.24) is 9.55 Å². The third-order valence-corrected chi connectivity index (χ3v) is 3.41. The fourth-order valence-corrected chi connectivity index (χ4v) is 2.44. The summed E-state index contributed by atoms with van der Waals surface area (Å²) in [6, 6.07) is 8.31. The molecule has 0 amide bonds. The molecule has 0 bridgehead atoms. The molecule has 4 heteroatoms. The first-order chi connectivity index (χ1) is 8.58. The SMILES string of the molecule is CC(C)n1cncc1C(O)Cc1cccc(Br)c1. The molecule has 2 rings (SSSR count). The number of imidazole rings is 1. The Kier molecular flexibility index (Phi) is 4.19. The Bertz CT molecular complexity index is 522. The zero-order valence-corrected chi connectivity index (χ0v) is 12.1. The van der Waals surface area contributed by atoms with Gasteiger partial charge in [0.25, 0.3) is 0 Å². The van der Waals surface area contributed by atoms with Crippen LogP contribution in [0.4, 0.5) is 0 Å². The first-order valence-corrected chi connectivity index (χ1v) is 6.81. The molecule has 0 fully saturated rings. The van der Waals surface area contributed by atoms with Gasteiger partial charge in [-0.3, -0.25) is 0 Å². The largest absolute Gasteiger partial charge is 0.386 e. The molecule has 0 saturated heterocycles. The minimum absolute atomic E-state index is 0.305. The highest BCUT2D eigenvalue weighted by Crippen LogP contribution is 2.22. The highest BCUT2D eigenvalue weighted by molar-refractivity contribution is 9.10. The number of nitrogens with zero attached hydrogens (tertiary/aromatic N) is 2. The molecule has 1 atom stereocenters. The summed E-state index contributed by atoms with van der Waals surface area (Å²) in [5.41, 5.74) is 1.97. The van der Waals surface area contributed by atoms with Crippen LogP contribution in [-0.4, -0.2) is 14.7 Å². The summed E-state index contributed by atoms with van der Waals surface area (Å²) in [4.78, 5) is 4.12. The number of aromatic nitrogens is 2. The molecule has 1 N–H and O–H groups in total. The number of hydrogen-bond donors (Lipinski definition) is 1. The number of hydrogen-bond acceptors (Lipinski definition) is 2. The first-order valence-electron chi connectivity index (χ1n) is 6.02. The van der Waals surface area contributed by atoms with Crippen LogP contribution in [-0.2, 0) is 6.42 Å². The highest BCUT2D eigenvalue weighted by atomic mass is 79.9.